The van der Waals surface area contributed by atoms with Crippen LogP contribution in [-0.2, 0) is 0 Å². The summed E-state index contributed by atoms with van der Waals surface area (Å²) >= 11 is 0. The van der Waals surface area contributed by atoms with Crippen molar-refractivity contribution < 1.29 is 0 Å². The van der Waals surface area contributed by atoms with Gasteiger partial charge in [0, 0.05) is 12.0 Å². The molecule has 0 atom stereocenters. The van der Waals surface area contributed by atoms with Crippen LogP contribution >= 0.6 is 0 Å². The molecule has 1 aliphatic carbocycles. The molecule has 22 heavy (non-hydrogen) atoms. The van der Waals surface area contributed by atoms with Crippen molar-refractivity contribution in [2.75, 3.05) is 0 Å². The number of nitrogens with zero attached hydrogens (tertiary/aromatic N) is 2. The molecule has 1 radical (unpaired) electrons. The van der Waals surface area contributed by atoms with Crippen molar-refractivity contribution in [1.29, 1.82) is 0 Å². The molecule has 0 fully saturated rings. The Hall–Kier alpha value is -2.87. The lowest BCUT2D eigenvalue weighted by Crippen LogP contribution is -1.99. The van der Waals surface area contributed by atoms with Gasteiger partial charge in [-0.1, -0.05) is 66.8 Å². The van der Waals surface area contributed by atoms with Gasteiger partial charge in [0.1, 0.15) is 0 Å². The second kappa shape index (κ2) is 5.49. The molecular weight excluding hydrogens is 268 g/mol. The zero-order valence-corrected chi connectivity index (χ0v) is 12.1. The van der Waals surface area contributed by atoms with Gasteiger partial charge in [0.2, 0.25) is 0 Å². The van der Waals surface area contributed by atoms with Crippen LogP contribution in [0.5, 0.6) is 0 Å². The van der Waals surface area contributed by atoms with Gasteiger partial charge in [0.25, 0.3) is 0 Å². The molecule has 0 saturated carbocycles. The topological polar surface area (TPSA) is 17.8 Å². The summed E-state index contributed by atoms with van der Waals surface area (Å²) in [5, 5.41) is 4.82. The minimum Gasteiger partial charge on any atom is -0.232 e. The Labute approximate surface area is 130 Å². The van der Waals surface area contributed by atoms with Crippen molar-refractivity contribution in [3.63, 3.8) is 0 Å². The van der Waals surface area contributed by atoms with E-state index in [1.54, 1.807) is 0 Å². The van der Waals surface area contributed by atoms with E-state index in [0.717, 1.165) is 28.2 Å². The van der Waals surface area contributed by atoms with Gasteiger partial charge in [0.15, 0.2) is 0 Å². The number of allylic oxidation sites excluding steroid dienone is 4. The maximum atomic E-state index is 4.82. The van der Waals surface area contributed by atoms with Crippen LogP contribution in [0.4, 0.5) is 0 Å². The molecule has 1 aliphatic rings. The molecule has 2 heteroatoms. The standard InChI is InChI=1S/C20H15N2/c1-3-11-17(12-4-1)20-15-19(16-9-7-8-10-16)21-22(20)18-13-5-2-6-14-18/h1-15H. The number of rotatable bonds is 3. The average molecular weight is 283 g/mol. The number of para-hydroxylation sites is 1. The van der Waals surface area contributed by atoms with Crippen molar-refractivity contribution in [2.45, 2.75) is 0 Å². The van der Waals surface area contributed by atoms with Gasteiger partial charge in [-0.05, 0) is 23.8 Å². The molecule has 1 aromatic heterocycles. The number of hydrogen-bond acceptors (Lipinski definition) is 1. The van der Waals surface area contributed by atoms with E-state index in [2.05, 4.69) is 54.6 Å². The molecule has 3 aromatic rings. The largest absolute Gasteiger partial charge is 0.232 e. The highest BCUT2D eigenvalue weighted by Crippen LogP contribution is 2.28. The molecule has 0 spiro atoms. The fourth-order valence-corrected chi connectivity index (χ4v) is 2.65. The normalized spacial score (nSPS) is 13.4. The number of aromatic nitrogens is 2. The zero-order chi connectivity index (χ0) is 14.8. The Kier molecular flexibility index (Phi) is 3.20. The van der Waals surface area contributed by atoms with Crippen molar-refractivity contribution in [3.05, 3.63) is 97.1 Å². The summed E-state index contributed by atoms with van der Waals surface area (Å²) in [4.78, 5) is 0. The van der Waals surface area contributed by atoms with Gasteiger partial charge in [-0.2, -0.15) is 5.10 Å². The van der Waals surface area contributed by atoms with E-state index in [1.807, 2.05) is 41.4 Å². The SMILES string of the molecule is [CH]1C=CC(c2cc(-c3ccccc3)n(-c3ccccc3)n2)=C1. The maximum Gasteiger partial charge on any atom is 0.0931 e. The number of hydrogen-bond donors (Lipinski definition) is 0. The summed E-state index contributed by atoms with van der Waals surface area (Å²) in [6.07, 6.45) is 8.26. The van der Waals surface area contributed by atoms with Crippen LogP contribution in [0.1, 0.15) is 5.69 Å². The molecule has 0 bridgehead atoms. The maximum absolute atomic E-state index is 4.82. The van der Waals surface area contributed by atoms with E-state index in [9.17, 15) is 0 Å². The lowest BCUT2D eigenvalue weighted by Gasteiger charge is -2.07. The first kappa shape index (κ1) is 12.8. The molecule has 2 nitrogen and oxygen atoms in total. The van der Waals surface area contributed by atoms with E-state index in [-0.39, 0.29) is 0 Å². The van der Waals surface area contributed by atoms with E-state index < -0.39 is 0 Å². The van der Waals surface area contributed by atoms with Crippen LogP contribution in [0.25, 0.3) is 22.5 Å². The Morgan fingerprint density at radius 3 is 2.23 bits per heavy atom. The first-order chi connectivity index (χ1) is 10.9. The van der Waals surface area contributed by atoms with Crippen molar-refractivity contribution in [1.82, 2.24) is 9.78 Å². The Balaban J connectivity index is 1.90. The van der Waals surface area contributed by atoms with Gasteiger partial charge >= 0.3 is 0 Å². The van der Waals surface area contributed by atoms with Crippen molar-refractivity contribution in [2.24, 2.45) is 0 Å². The monoisotopic (exact) mass is 283 g/mol. The Bertz CT molecular complexity index is 783. The third-order valence-corrected chi connectivity index (χ3v) is 3.74. The van der Waals surface area contributed by atoms with Crippen LogP contribution in [0.2, 0.25) is 0 Å². The van der Waals surface area contributed by atoms with Gasteiger partial charge in [0.05, 0.1) is 17.1 Å². The van der Waals surface area contributed by atoms with Crippen LogP contribution in [0.3, 0.4) is 0 Å². The predicted molar refractivity (Wildman–Crippen MR) is 90.4 cm³/mol. The molecule has 0 unspecified atom stereocenters. The third-order valence-electron chi connectivity index (χ3n) is 3.74. The highest BCUT2D eigenvalue weighted by atomic mass is 15.3. The minimum absolute atomic E-state index is 0.993. The smallest absolute Gasteiger partial charge is 0.0931 e. The first-order valence-electron chi connectivity index (χ1n) is 7.35. The van der Waals surface area contributed by atoms with E-state index >= 15 is 0 Å². The summed E-state index contributed by atoms with van der Waals surface area (Å²) in [7, 11) is 0. The predicted octanol–water partition coefficient (Wildman–Crippen LogP) is 4.70. The Morgan fingerprint density at radius 1 is 0.818 bits per heavy atom. The van der Waals surface area contributed by atoms with Gasteiger partial charge in [-0.15, -0.1) is 0 Å². The highest BCUT2D eigenvalue weighted by Gasteiger charge is 2.14. The average Bonchev–Trinajstić information content (AvgIpc) is 3.26. The van der Waals surface area contributed by atoms with Crippen LogP contribution in [0, 0.1) is 6.42 Å². The summed E-state index contributed by atoms with van der Waals surface area (Å²) in [5.74, 6) is 0. The van der Waals surface area contributed by atoms with E-state index in [1.165, 1.54) is 0 Å². The molecule has 0 N–H and O–H groups in total. The van der Waals surface area contributed by atoms with Gasteiger partial charge in [-0.25, -0.2) is 4.68 Å². The van der Waals surface area contributed by atoms with Crippen LogP contribution in [0.15, 0.2) is 85.0 Å². The molecule has 2 aromatic carbocycles. The van der Waals surface area contributed by atoms with Crippen LogP contribution < -0.4 is 0 Å². The first-order valence-corrected chi connectivity index (χ1v) is 7.35. The summed E-state index contributed by atoms with van der Waals surface area (Å²) < 4.78 is 2.01. The van der Waals surface area contributed by atoms with Gasteiger partial charge in [-0.3, -0.25) is 0 Å². The molecule has 4 rings (SSSR count). The lowest BCUT2D eigenvalue weighted by molar-refractivity contribution is 0.881. The fourth-order valence-electron chi connectivity index (χ4n) is 2.65. The van der Waals surface area contributed by atoms with E-state index in [0.29, 0.717) is 0 Å². The lowest BCUT2D eigenvalue weighted by atomic mass is 10.1. The highest BCUT2D eigenvalue weighted by molar-refractivity contribution is 5.79. The molecule has 1 heterocycles. The fraction of sp³-hybridized carbons (Fsp3) is 0. The molecule has 0 amide bonds. The Morgan fingerprint density at radius 2 is 1.55 bits per heavy atom. The van der Waals surface area contributed by atoms with Crippen LogP contribution in [-0.4, -0.2) is 9.78 Å². The third kappa shape index (κ3) is 2.29. The summed E-state index contributed by atoms with van der Waals surface area (Å²) in [6, 6.07) is 22.8. The number of benzene rings is 2. The minimum atomic E-state index is 0.993. The quantitative estimate of drug-likeness (QED) is 0.681. The van der Waals surface area contributed by atoms with Gasteiger partial charge < -0.3 is 0 Å². The molecule has 0 saturated heterocycles. The molecule has 0 aliphatic heterocycles. The van der Waals surface area contributed by atoms with E-state index in [4.69, 9.17) is 5.10 Å². The second-order valence-corrected chi connectivity index (χ2v) is 5.20. The zero-order valence-electron chi connectivity index (χ0n) is 12.1. The van der Waals surface area contributed by atoms with Crippen molar-refractivity contribution in [3.8, 4) is 16.9 Å². The molecular formula is C20H15N2. The summed E-state index contributed by atoms with van der Waals surface area (Å²) in [5.41, 5.74) is 5.47. The van der Waals surface area contributed by atoms with Crippen molar-refractivity contribution >= 4 is 5.57 Å². The second-order valence-electron chi connectivity index (χ2n) is 5.20. The molecule has 105 valence electrons. The summed E-state index contributed by atoms with van der Waals surface area (Å²) in [6.45, 7) is 0.